The maximum atomic E-state index is 13.4. The Hall–Kier alpha value is -2.85. The van der Waals surface area contributed by atoms with Gasteiger partial charge in [0.1, 0.15) is 18.5 Å². The van der Waals surface area contributed by atoms with E-state index in [1.807, 2.05) is 6.07 Å². The smallest absolute Gasteiger partial charge is 0.243 e. The molecular formula is C27H35N5O7S2. The molecule has 14 heteroatoms. The highest BCUT2D eigenvalue weighted by atomic mass is 32.2. The summed E-state index contributed by atoms with van der Waals surface area (Å²) in [4.78, 5) is 0.339. The molecule has 2 fully saturated rings. The SMILES string of the molecule is CNS(=O)(=O)c1cccc(OC[C@@H](O)CNC2COC3(CCN(S(=O)(=O)c4cccc(-c5cn[nH]c5)c4)CC3)C2)c1. The van der Waals surface area contributed by atoms with Gasteiger partial charge in [0.2, 0.25) is 20.0 Å². The Balaban J connectivity index is 1.09. The number of piperidine rings is 1. The molecule has 1 aromatic heterocycles. The highest BCUT2D eigenvalue weighted by Crippen LogP contribution is 2.37. The maximum Gasteiger partial charge on any atom is 0.243 e. The summed E-state index contributed by atoms with van der Waals surface area (Å²) in [5.74, 6) is 0.346. The van der Waals surface area contributed by atoms with Gasteiger partial charge in [0.25, 0.3) is 0 Å². The van der Waals surface area contributed by atoms with E-state index in [0.29, 0.717) is 44.7 Å². The standard InChI is InChI=1S/C27H35N5O7S2/c1-28-40(34,35)25-6-3-5-24(13-25)38-19-23(33)17-29-22-14-27(39-18-22)8-10-32(11-9-27)41(36,37)26-7-2-4-20(12-26)21-15-30-31-16-21/h2-7,12-13,15-16,22-23,28-29,33H,8-11,14,17-19H2,1H3,(H,30,31)/t22?,23-/m0/s1. The lowest BCUT2D eigenvalue weighted by atomic mass is 9.88. The van der Waals surface area contributed by atoms with Crippen LogP contribution < -0.4 is 14.8 Å². The number of H-pyrrole nitrogens is 1. The van der Waals surface area contributed by atoms with Crippen molar-refractivity contribution in [1.82, 2.24) is 24.5 Å². The second-order valence-electron chi connectivity index (χ2n) is 10.4. The van der Waals surface area contributed by atoms with Crippen LogP contribution in [0.2, 0.25) is 0 Å². The number of aliphatic hydroxyl groups excluding tert-OH is 1. The fourth-order valence-corrected chi connectivity index (χ4v) is 7.51. The number of hydrogen-bond donors (Lipinski definition) is 4. The van der Waals surface area contributed by atoms with Crippen molar-refractivity contribution in [2.24, 2.45) is 0 Å². The van der Waals surface area contributed by atoms with Crippen molar-refractivity contribution in [3.63, 3.8) is 0 Å². The molecular weight excluding hydrogens is 570 g/mol. The Bertz CT molecular complexity index is 1540. The number of ether oxygens (including phenoxy) is 2. The first-order chi connectivity index (χ1) is 19.6. The van der Waals surface area contributed by atoms with E-state index in [0.717, 1.165) is 11.1 Å². The fraction of sp³-hybridized carbons (Fsp3) is 0.444. The van der Waals surface area contributed by atoms with Crippen molar-refractivity contribution >= 4 is 20.0 Å². The predicted molar refractivity (Wildman–Crippen MR) is 151 cm³/mol. The average Bonchev–Trinajstić information content (AvgIpc) is 3.66. The van der Waals surface area contributed by atoms with E-state index in [1.54, 1.807) is 42.7 Å². The molecule has 0 aliphatic carbocycles. The lowest BCUT2D eigenvalue weighted by molar-refractivity contribution is -0.0312. The number of rotatable bonds is 11. The van der Waals surface area contributed by atoms with Crippen LogP contribution in [-0.2, 0) is 24.8 Å². The summed E-state index contributed by atoms with van der Waals surface area (Å²) in [7, 11) is -5.90. The molecule has 2 saturated heterocycles. The molecule has 2 aliphatic heterocycles. The molecule has 0 bridgehead atoms. The Morgan fingerprint density at radius 1 is 1.12 bits per heavy atom. The zero-order chi connectivity index (χ0) is 29.1. The lowest BCUT2D eigenvalue weighted by Crippen LogP contribution is -2.47. The first-order valence-corrected chi connectivity index (χ1v) is 16.3. The second kappa shape index (κ2) is 12.2. The normalized spacial score (nSPS) is 20.3. The van der Waals surface area contributed by atoms with Gasteiger partial charge < -0.3 is 19.9 Å². The Kier molecular flexibility index (Phi) is 8.80. The van der Waals surface area contributed by atoms with Gasteiger partial charge in [-0.3, -0.25) is 5.10 Å². The number of aliphatic hydroxyl groups is 1. The van der Waals surface area contributed by atoms with Crippen molar-refractivity contribution in [3.05, 3.63) is 60.9 Å². The van der Waals surface area contributed by atoms with Crippen LogP contribution in [0.1, 0.15) is 19.3 Å². The van der Waals surface area contributed by atoms with Crippen LogP contribution >= 0.6 is 0 Å². The second-order valence-corrected chi connectivity index (χ2v) is 14.2. The van der Waals surface area contributed by atoms with Crippen molar-refractivity contribution in [2.45, 2.75) is 46.8 Å². The molecule has 5 rings (SSSR count). The Morgan fingerprint density at radius 2 is 1.88 bits per heavy atom. The molecule has 0 radical (unpaired) electrons. The number of aromatic amines is 1. The molecule has 0 saturated carbocycles. The van der Waals surface area contributed by atoms with Gasteiger partial charge in [0.15, 0.2) is 0 Å². The van der Waals surface area contributed by atoms with E-state index >= 15 is 0 Å². The van der Waals surface area contributed by atoms with Gasteiger partial charge in [-0.25, -0.2) is 21.6 Å². The zero-order valence-electron chi connectivity index (χ0n) is 22.7. The quantitative estimate of drug-likeness (QED) is 0.253. The minimum atomic E-state index is -3.65. The number of sulfonamides is 2. The number of benzene rings is 2. The maximum absolute atomic E-state index is 13.4. The topological polar surface area (TPSA) is 163 Å². The van der Waals surface area contributed by atoms with Gasteiger partial charge in [-0.05, 0) is 56.1 Å². The van der Waals surface area contributed by atoms with Gasteiger partial charge in [-0.2, -0.15) is 9.40 Å². The van der Waals surface area contributed by atoms with Gasteiger partial charge in [0, 0.05) is 43.5 Å². The molecule has 3 aromatic rings. The third-order valence-electron chi connectivity index (χ3n) is 7.62. The van der Waals surface area contributed by atoms with Crippen LogP contribution in [0.5, 0.6) is 5.75 Å². The van der Waals surface area contributed by atoms with E-state index in [-0.39, 0.29) is 29.0 Å². The molecule has 0 amide bonds. The van der Waals surface area contributed by atoms with Crippen molar-refractivity contribution in [3.8, 4) is 16.9 Å². The predicted octanol–water partition coefficient (Wildman–Crippen LogP) is 1.33. The molecule has 41 heavy (non-hydrogen) atoms. The summed E-state index contributed by atoms with van der Waals surface area (Å²) in [5, 5.41) is 20.4. The molecule has 12 nitrogen and oxygen atoms in total. The van der Waals surface area contributed by atoms with E-state index in [1.165, 1.54) is 23.5 Å². The fourth-order valence-electron chi connectivity index (χ4n) is 5.25. The Labute approximate surface area is 240 Å². The van der Waals surface area contributed by atoms with Crippen LogP contribution in [0.25, 0.3) is 11.1 Å². The minimum absolute atomic E-state index is 0.0105. The highest BCUT2D eigenvalue weighted by Gasteiger charge is 2.44. The van der Waals surface area contributed by atoms with Crippen LogP contribution in [-0.4, -0.2) is 94.1 Å². The molecule has 2 aliphatic rings. The molecule has 2 atom stereocenters. The summed E-state index contributed by atoms with van der Waals surface area (Å²) >= 11 is 0. The van der Waals surface area contributed by atoms with Crippen molar-refractivity contribution in [1.29, 1.82) is 0 Å². The summed E-state index contributed by atoms with van der Waals surface area (Å²) in [6, 6.07) is 13.0. The number of hydrogen-bond acceptors (Lipinski definition) is 9. The van der Waals surface area contributed by atoms with E-state index < -0.39 is 31.8 Å². The molecule has 1 unspecified atom stereocenters. The largest absolute Gasteiger partial charge is 0.491 e. The number of nitrogens with zero attached hydrogens (tertiary/aromatic N) is 2. The number of nitrogens with one attached hydrogen (secondary N) is 3. The van der Waals surface area contributed by atoms with Gasteiger partial charge in [-0.15, -0.1) is 0 Å². The van der Waals surface area contributed by atoms with Crippen LogP contribution in [0.15, 0.2) is 70.7 Å². The van der Waals surface area contributed by atoms with Crippen molar-refractivity contribution in [2.75, 3.05) is 39.9 Å². The molecule has 4 N–H and O–H groups in total. The van der Waals surface area contributed by atoms with Crippen molar-refractivity contribution < 1.29 is 31.4 Å². The highest BCUT2D eigenvalue weighted by molar-refractivity contribution is 7.89. The van der Waals surface area contributed by atoms with Crippen LogP contribution in [0.3, 0.4) is 0 Å². The number of aromatic nitrogens is 2. The first-order valence-electron chi connectivity index (χ1n) is 13.4. The zero-order valence-corrected chi connectivity index (χ0v) is 24.3. The summed E-state index contributed by atoms with van der Waals surface area (Å²) < 4.78 is 66.3. The molecule has 1 spiro atoms. The van der Waals surface area contributed by atoms with Crippen LogP contribution in [0, 0.1) is 0 Å². The van der Waals surface area contributed by atoms with Crippen LogP contribution in [0.4, 0.5) is 0 Å². The summed E-state index contributed by atoms with van der Waals surface area (Å²) in [6.07, 6.45) is 4.45. The molecule has 3 heterocycles. The Morgan fingerprint density at radius 3 is 2.61 bits per heavy atom. The first kappa shape index (κ1) is 29.6. The third-order valence-corrected chi connectivity index (χ3v) is 10.9. The van der Waals surface area contributed by atoms with E-state index in [9.17, 15) is 21.9 Å². The lowest BCUT2D eigenvalue weighted by Gasteiger charge is -2.38. The van der Waals surface area contributed by atoms with E-state index in [4.69, 9.17) is 9.47 Å². The van der Waals surface area contributed by atoms with Gasteiger partial charge in [0.05, 0.1) is 28.2 Å². The van der Waals surface area contributed by atoms with Gasteiger partial charge in [-0.1, -0.05) is 18.2 Å². The minimum Gasteiger partial charge on any atom is -0.491 e. The average molecular weight is 606 g/mol. The summed E-state index contributed by atoms with van der Waals surface area (Å²) in [6.45, 7) is 1.46. The molecule has 2 aromatic carbocycles. The summed E-state index contributed by atoms with van der Waals surface area (Å²) in [5.41, 5.74) is 1.20. The van der Waals surface area contributed by atoms with Gasteiger partial charge >= 0.3 is 0 Å². The monoisotopic (exact) mass is 605 g/mol. The molecule has 222 valence electrons. The third kappa shape index (κ3) is 6.80. The van der Waals surface area contributed by atoms with E-state index in [2.05, 4.69) is 20.2 Å².